The Morgan fingerprint density at radius 1 is 1.30 bits per heavy atom. The molecule has 1 aromatic carbocycles. The van der Waals surface area contributed by atoms with Gasteiger partial charge in [0.15, 0.2) is 10.9 Å². The minimum absolute atomic E-state index is 0.0648. The Bertz CT molecular complexity index is 852. The van der Waals surface area contributed by atoms with Crippen molar-refractivity contribution >= 4 is 57.2 Å². The zero-order valence-electron chi connectivity index (χ0n) is 11.1. The number of aromatic hydroxyl groups is 1. The average molecular weight is 390 g/mol. The van der Waals surface area contributed by atoms with Gasteiger partial charge in [-0.15, -0.1) is 11.3 Å². The average Bonchev–Trinajstić information content (AvgIpc) is 3.16. The highest BCUT2D eigenvalue weighted by Gasteiger charge is 2.22. The van der Waals surface area contributed by atoms with Gasteiger partial charge in [-0.25, -0.2) is 4.98 Å². The van der Waals surface area contributed by atoms with Gasteiger partial charge in [0.1, 0.15) is 17.0 Å². The Hall–Kier alpha value is -1.73. The lowest BCUT2D eigenvalue weighted by Gasteiger charge is -2.09. The molecule has 0 bridgehead atoms. The van der Waals surface area contributed by atoms with Crippen molar-refractivity contribution in [1.82, 2.24) is 4.98 Å². The highest BCUT2D eigenvalue weighted by molar-refractivity contribution is 7.14. The van der Waals surface area contributed by atoms with E-state index >= 15 is 0 Å². The third-order valence-electron chi connectivity index (χ3n) is 2.87. The second-order valence-corrected chi connectivity index (χ2v) is 6.40. The first-order valence-electron chi connectivity index (χ1n) is 6.14. The molecule has 1 amide bonds. The maximum absolute atomic E-state index is 12.3. The number of amides is 1. The molecule has 0 aliphatic carbocycles. The smallest absolute Gasteiger partial charge is 0.262 e. The van der Waals surface area contributed by atoms with Crippen molar-refractivity contribution in [3.05, 3.63) is 50.5 Å². The molecule has 0 fully saturated rings. The fourth-order valence-corrected chi connectivity index (χ4v) is 3.21. The SMILES string of the molecule is O=C(Nc1nc(-c2ccco2)cs1)c1c(O)c(Cl)cc(Cl)c1Cl. The number of hydrogen-bond donors (Lipinski definition) is 2. The summed E-state index contributed by atoms with van der Waals surface area (Å²) in [6, 6.07) is 4.74. The second kappa shape index (κ2) is 6.41. The van der Waals surface area contributed by atoms with E-state index in [2.05, 4.69) is 10.3 Å². The van der Waals surface area contributed by atoms with E-state index in [9.17, 15) is 9.90 Å². The maximum atomic E-state index is 12.3. The fourth-order valence-electron chi connectivity index (χ4n) is 1.82. The molecular formula is C14H7Cl3N2O3S. The number of rotatable bonds is 3. The van der Waals surface area contributed by atoms with Crippen LogP contribution in [-0.2, 0) is 0 Å². The molecule has 118 valence electrons. The first kappa shape index (κ1) is 16.1. The van der Waals surface area contributed by atoms with Crippen LogP contribution < -0.4 is 5.32 Å². The third-order valence-corrected chi connectivity index (χ3v) is 4.70. The van der Waals surface area contributed by atoms with Crippen LogP contribution in [0.1, 0.15) is 10.4 Å². The van der Waals surface area contributed by atoms with Gasteiger partial charge >= 0.3 is 0 Å². The molecule has 0 unspecified atom stereocenters. The Morgan fingerprint density at radius 2 is 2.09 bits per heavy atom. The molecular weight excluding hydrogens is 383 g/mol. The van der Waals surface area contributed by atoms with Gasteiger partial charge in [-0.1, -0.05) is 34.8 Å². The standard InChI is InChI=1S/C14H7Cl3N2O3S/c15-6-4-7(16)12(20)10(11(6)17)13(21)19-14-18-8(5-23-14)9-2-1-3-22-9/h1-5,20H,(H,18,19,21). The van der Waals surface area contributed by atoms with E-state index in [1.165, 1.54) is 23.7 Å². The third kappa shape index (κ3) is 3.16. The number of halogens is 3. The number of anilines is 1. The molecule has 0 aliphatic rings. The minimum Gasteiger partial charge on any atom is -0.505 e. The monoisotopic (exact) mass is 388 g/mol. The summed E-state index contributed by atoms with van der Waals surface area (Å²) in [5.41, 5.74) is 0.369. The lowest BCUT2D eigenvalue weighted by Crippen LogP contribution is -2.13. The van der Waals surface area contributed by atoms with Crippen LogP contribution in [0.15, 0.2) is 34.3 Å². The van der Waals surface area contributed by atoms with Gasteiger partial charge in [0, 0.05) is 5.38 Å². The fraction of sp³-hybridized carbons (Fsp3) is 0. The van der Waals surface area contributed by atoms with E-state index in [0.717, 1.165) is 0 Å². The van der Waals surface area contributed by atoms with E-state index in [-0.39, 0.29) is 20.6 Å². The molecule has 0 aliphatic heterocycles. The van der Waals surface area contributed by atoms with E-state index < -0.39 is 11.7 Å². The number of aromatic nitrogens is 1. The van der Waals surface area contributed by atoms with E-state index in [1.807, 2.05) is 0 Å². The summed E-state index contributed by atoms with van der Waals surface area (Å²) in [7, 11) is 0. The van der Waals surface area contributed by atoms with E-state index in [4.69, 9.17) is 39.2 Å². The molecule has 0 radical (unpaired) electrons. The number of benzene rings is 1. The topological polar surface area (TPSA) is 75.4 Å². The van der Waals surface area contributed by atoms with Crippen LogP contribution in [0.4, 0.5) is 5.13 Å². The number of phenolic OH excluding ortho intramolecular Hbond substituents is 1. The molecule has 5 nitrogen and oxygen atoms in total. The van der Waals surface area contributed by atoms with Crippen molar-refractivity contribution in [3.63, 3.8) is 0 Å². The van der Waals surface area contributed by atoms with Crippen molar-refractivity contribution < 1.29 is 14.3 Å². The largest absolute Gasteiger partial charge is 0.505 e. The normalized spacial score (nSPS) is 10.7. The molecule has 0 saturated heterocycles. The van der Waals surface area contributed by atoms with Crippen molar-refractivity contribution in [2.24, 2.45) is 0 Å². The highest BCUT2D eigenvalue weighted by atomic mass is 35.5. The number of phenols is 1. The molecule has 23 heavy (non-hydrogen) atoms. The minimum atomic E-state index is -0.669. The van der Waals surface area contributed by atoms with E-state index in [1.54, 1.807) is 17.5 Å². The van der Waals surface area contributed by atoms with Crippen LogP contribution in [0.5, 0.6) is 5.75 Å². The van der Waals surface area contributed by atoms with Gasteiger partial charge < -0.3 is 9.52 Å². The lowest BCUT2D eigenvalue weighted by atomic mass is 10.2. The molecule has 2 N–H and O–H groups in total. The summed E-state index contributed by atoms with van der Waals surface area (Å²) in [6.07, 6.45) is 1.53. The van der Waals surface area contributed by atoms with Crippen LogP contribution in [0, 0.1) is 0 Å². The second-order valence-electron chi connectivity index (χ2n) is 4.35. The lowest BCUT2D eigenvalue weighted by molar-refractivity contribution is 0.102. The summed E-state index contributed by atoms with van der Waals surface area (Å²) in [5, 5.41) is 14.4. The number of carbonyl (C=O) groups excluding carboxylic acids is 1. The van der Waals surface area contributed by atoms with Gasteiger partial charge in [-0.3, -0.25) is 10.1 Å². The van der Waals surface area contributed by atoms with Crippen molar-refractivity contribution in [3.8, 4) is 17.2 Å². The molecule has 9 heteroatoms. The zero-order chi connectivity index (χ0) is 16.6. The number of thiazole rings is 1. The van der Waals surface area contributed by atoms with Crippen LogP contribution in [-0.4, -0.2) is 16.0 Å². The maximum Gasteiger partial charge on any atom is 0.262 e. The van der Waals surface area contributed by atoms with Crippen LogP contribution in [0.25, 0.3) is 11.5 Å². The summed E-state index contributed by atoms with van der Waals surface area (Å²) in [4.78, 5) is 16.6. The van der Waals surface area contributed by atoms with Crippen molar-refractivity contribution in [2.75, 3.05) is 5.32 Å². The van der Waals surface area contributed by atoms with Gasteiger partial charge in [-0.2, -0.15) is 0 Å². The summed E-state index contributed by atoms with van der Waals surface area (Å²) >= 11 is 18.9. The first-order valence-corrected chi connectivity index (χ1v) is 8.16. The van der Waals surface area contributed by atoms with Gasteiger partial charge in [0.2, 0.25) is 0 Å². The Balaban J connectivity index is 1.89. The predicted molar refractivity (Wildman–Crippen MR) is 90.9 cm³/mol. The van der Waals surface area contributed by atoms with Crippen molar-refractivity contribution in [1.29, 1.82) is 0 Å². The number of nitrogens with one attached hydrogen (secondary N) is 1. The molecule has 3 aromatic rings. The Labute approximate surface area is 149 Å². The first-order chi connectivity index (χ1) is 11.0. The molecule has 0 spiro atoms. The van der Waals surface area contributed by atoms with Crippen molar-refractivity contribution in [2.45, 2.75) is 0 Å². The number of furan rings is 1. The molecule has 2 aromatic heterocycles. The summed E-state index contributed by atoms with van der Waals surface area (Å²) in [5.74, 6) is -0.535. The van der Waals surface area contributed by atoms with Gasteiger partial charge in [-0.05, 0) is 18.2 Å². The number of carbonyl (C=O) groups is 1. The quantitative estimate of drug-likeness (QED) is 0.594. The molecule has 0 saturated carbocycles. The number of hydrogen-bond acceptors (Lipinski definition) is 5. The van der Waals surface area contributed by atoms with E-state index in [0.29, 0.717) is 16.6 Å². The van der Waals surface area contributed by atoms with Crippen LogP contribution in [0.3, 0.4) is 0 Å². The Morgan fingerprint density at radius 3 is 2.78 bits per heavy atom. The molecule has 3 rings (SSSR count). The zero-order valence-corrected chi connectivity index (χ0v) is 14.2. The Kier molecular flexibility index (Phi) is 4.50. The highest BCUT2D eigenvalue weighted by Crippen LogP contribution is 2.39. The molecule has 0 atom stereocenters. The van der Waals surface area contributed by atoms with Gasteiger partial charge in [0.25, 0.3) is 5.91 Å². The summed E-state index contributed by atoms with van der Waals surface area (Å²) in [6.45, 7) is 0. The summed E-state index contributed by atoms with van der Waals surface area (Å²) < 4.78 is 5.23. The predicted octanol–water partition coefficient (Wildman–Crippen LogP) is 5.32. The molecule has 2 heterocycles. The number of nitrogens with zero attached hydrogens (tertiary/aromatic N) is 1. The van der Waals surface area contributed by atoms with Gasteiger partial charge in [0.05, 0.1) is 21.3 Å². The van der Waals surface area contributed by atoms with Crippen LogP contribution in [0.2, 0.25) is 15.1 Å². The van der Waals surface area contributed by atoms with Crippen LogP contribution >= 0.6 is 46.1 Å².